The number of nitrogens with two attached hydrogens (primary N) is 1. The van der Waals surface area contributed by atoms with Crippen LogP contribution in [0.4, 0.5) is 5.95 Å². The maximum atomic E-state index is 11.8. The molecule has 0 radical (unpaired) electrons. The number of anilines is 1. The monoisotopic (exact) mass is 237 g/mol. The minimum absolute atomic E-state index is 0.0325. The van der Waals surface area contributed by atoms with Gasteiger partial charge in [0.05, 0.1) is 0 Å². The number of nitrogens with one attached hydrogen (secondary N) is 1. The summed E-state index contributed by atoms with van der Waals surface area (Å²) in [6, 6.07) is 0.260. The molecule has 1 saturated carbocycles. The molecule has 1 atom stereocenters. The molecule has 2 rings (SSSR count). The lowest BCUT2D eigenvalue weighted by molar-refractivity contribution is -0.123. The number of rotatable bonds is 3. The van der Waals surface area contributed by atoms with Crippen LogP contribution in [-0.2, 0) is 11.3 Å². The predicted octanol–water partition coefficient (Wildman–Crippen LogP) is 0.555. The first kappa shape index (κ1) is 11.9. The lowest BCUT2D eigenvalue weighted by atomic mass is 9.87. The van der Waals surface area contributed by atoms with Gasteiger partial charge in [0.1, 0.15) is 12.9 Å². The topological polar surface area (TPSA) is 85.8 Å². The van der Waals surface area contributed by atoms with Gasteiger partial charge in [0.25, 0.3) is 0 Å². The van der Waals surface area contributed by atoms with Crippen molar-refractivity contribution in [2.75, 3.05) is 5.73 Å². The standard InChI is InChI=1S/C11H19N5O/c1-11(2)5-3-4-8(11)14-9(17)6-16-7-13-10(12)15-16/h7-8H,3-6H2,1-2H3,(H2,12,15)(H,14,17). The predicted molar refractivity (Wildman–Crippen MR) is 64.0 cm³/mol. The van der Waals surface area contributed by atoms with Gasteiger partial charge >= 0.3 is 0 Å². The van der Waals surface area contributed by atoms with E-state index in [0.717, 1.165) is 12.8 Å². The molecule has 1 fully saturated rings. The molecule has 17 heavy (non-hydrogen) atoms. The highest BCUT2D eigenvalue weighted by molar-refractivity contribution is 5.76. The van der Waals surface area contributed by atoms with Gasteiger partial charge in [-0.25, -0.2) is 9.67 Å². The van der Waals surface area contributed by atoms with E-state index in [0.29, 0.717) is 0 Å². The molecule has 0 saturated heterocycles. The Bertz CT molecular complexity index is 412. The number of carbonyl (C=O) groups is 1. The number of aromatic nitrogens is 3. The van der Waals surface area contributed by atoms with Gasteiger partial charge in [-0.1, -0.05) is 20.3 Å². The molecule has 94 valence electrons. The van der Waals surface area contributed by atoms with Crippen LogP contribution in [0.1, 0.15) is 33.1 Å². The van der Waals surface area contributed by atoms with Crippen LogP contribution in [0.3, 0.4) is 0 Å². The summed E-state index contributed by atoms with van der Waals surface area (Å²) in [5, 5.41) is 6.94. The maximum absolute atomic E-state index is 11.8. The summed E-state index contributed by atoms with van der Waals surface area (Å²) >= 11 is 0. The fourth-order valence-electron chi connectivity index (χ4n) is 2.37. The second-order valence-electron chi connectivity index (χ2n) is 5.30. The van der Waals surface area contributed by atoms with Gasteiger partial charge in [-0.05, 0) is 18.3 Å². The van der Waals surface area contributed by atoms with E-state index in [1.165, 1.54) is 17.4 Å². The van der Waals surface area contributed by atoms with Crippen molar-refractivity contribution in [2.24, 2.45) is 5.41 Å². The molecule has 6 heteroatoms. The van der Waals surface area contributed by atoms with Gasteiger partial charge in [-0.3, -0.25) is 4.79 Å². The molecule has 1 aromatic heterocycles. The first-order valence-electron chi connectivity index (χ1n) is 5.92. The summed E-state index contributed by atoms with van der Waals surface area (Å²) in [6.45, 7) is 4.56. The van der Waals surface area contributed by atoms with E-state index in [-0.39, 0.29) is 29.9 Å². The van der Waals surface area contributed by atoms with Crippen LogP contribution >= 0.6 is 0 Å². The molecule has 0 bridgehead atoms. The van der Waals surface area contributed by atoms with Gasteiger partial charge in [-0.15, -0.1) is 5.10 Å². The molecule has 1 amide bonds. The third-order valence-corrected chi connectivity index (χ3v) is 3.45. The van der Waals surface area contributed by atoms with Crippen LogP contribution in [0.5, 0.6) is 0 Å². The zero-order chi connectivity index (χ0) is 12.5. The Morgan fingerprint density at radius 3 is 3.00 bits per heavy atom. The van der Waals surface area contributed by atoms with E-state index in [1.807, 2.05) is 0 Å². The van der Waals surface area contributed by atoms with Crippen molar-refractivity contribution in [3.63, 3.8) is 0 Å². The normalized spacial score (nSPS) is 22.6. The van der Waals surface area contributed by atoms with E-state index < -0.39 is 0 Å². The summed E-state index contributed by atoms with van der Waals surface area (Å²) in [4.78, 5) is 15.6. The van der Waals surface area contributed by atoms with Crippen molar-refractivity contribution >= 4 is 11.9 Å². The van der Waals surface area contributed by atoms with Crippen LogP contribution in [0.15, 0.2) is 6.33 Å². The molecular formula is C11H19N5O. The van der Waals surface area contributed by atoms with Crippen LogP contribution in [0.2, 0.25) is 0 Å². The number of nitrogen functional groups attached to an aromatic ring is 1. The lowest BCUT2D eigenvalue weighted by Gasteiger charge is -2.27. The zero-order valence-corrected chi connectivity index (χ0v) is 10.3. The summed E-state index contributed by atoms with van der Waals surface area (Å²) in [7, 11) is 0. The average molecular weight is 237 g/mol. The van der Waals surface area contributed by atoms with Gasteiger partial charge in [0.2, 0.25) is 11.9 Å². The highest BCUT2D eigenvalue weighted by Crippen LogP contribution is 2.37. The van der Waals surface area contributed by atoms with Crippen LogP contribution in [-0.4, -0.2) is 26.7 Å². The molecule has 1 heterocycles. The molecule has 1 unspecified atom stereocenters. The fraction of sp³-hybridized carbons (Fsp3) is 0.727. The zero-order valence-electron chi connectivity index (χ0n) is 10.3. The fourth-order valence-corrected chi connectivity index (χ4v) is 2.37. The molecule has 0 aliphatic heterocycles. The smallest absolute Gasteiger partial charge is 0.242 e. The molecular weight excluding hydrogens is 218 g/mol. The highest BCUT2D eigenvalue weighted by Gasteiger charge is 2.35. The number of amides is 1. The Balaban J connectivity index is 1.89. The van der Waals surface area contributed by atoms with E-state index >= 15 is 0 Å². The lowest BCUT2D eigenvalue weighted by Crippen LogP contribution is -2.42. The second kappa shape index (κ2) is 4.35. The molecule has 0 spiro atoms. The van der Waals surface area contributed by atoms with Crippen molar-refractivity contribution in [2.45, 2.75) is 45.7 Å². The van der Waals surface area contributed by atoms with Crippen molar-refractivity contribution < 1.29 is 4.79 Å². The number of carbonyl (C=O) groups excluding carboxylic acids is 1. The van der Waals surface area contributed by atoms with Gasteiger partial charge in [0.15, 0.2) is 0 Å². The SMILES string of the molecule is CC1(C)CCCC1NC(=O)Cn1cnc(N)n1. The first-order chi connectivity index (χ1) is 7.97. The summed E-state index contributed by atoms with van der Waals surface area (Å²) in [6.07, 6.45) is 4.86. The highest BCUT2D eigenvalue weighted by atomic mass is 16.2. The van der Waals surface area contributed by atoms with Gasteiger partial charge in [-0.2, -0.15) is 0 Å². The Kier molecular flexibility index (Phi) is 3.04. The molecule has 0 aromatic carbocycles. The van der Waals surface area contributed by atoms with Gasteiger partial charge < -0.3 is 11.1 Å². The van der Waals surface area contributed by atoms with Crippen molar-refractivity contribution in [1.29, 1.82) is 0 Å². The average Bonchev–Trinajstić information content (AvgIpc) is 2.74. The van der Waals surface area contributed by atoms with Crippen LogP contribution < -0.4 is 11.1 Å². The number of hydrogen-bond acceptors (Lipinski definition) is 4. The number of hydrogen-bond donors (Lipinski definition) is 2. The quantitative estimate of drug-likeness (QED) is 0.804. The van der Waals surface area contributed by atoms with E-state index in [4.69, 9.17) is 5.73 Å². The minimum Gasteiger partial charge on any atom is -0.367 e. The van der Waals surface area contributed by atoms with Crippen LogP contribution in [0.25, 0.3) is 0 Å². The first-order valence-corrected chi connectivity index (χ1v) is 5.92. The van der Waals surface area contributed by atoms with E-state index in [1.54, 1.807) is 0 Å². The third-order valence-electron chi connectivity index (χ3n) is 3.45. The minimum atomic E-state index is -0.0325. The maximum Gasteiger partial charge on any atom is 0.242 e. The third kappa shape index (κ3) is 2.75. The van der Waals surface area contributed by atoms with E-state index in [2.05, 4.69) is 29.2 Å². The van der Waals surface area contributed by atoms with Crippen molar-refractivity contribution in [3.8, 4) is 0 Å². The van der Waals surface area contributed by atoms with Crippen molar-refractivity contribution in [3.05, 3.63) is 6.33 Å². The second-order valence-corrected chi connectivity index (χ2v) is 5.30. The molecule has 1 aliphatic carbocycles. The summed E-state index contributed by atoms with van der Waals surface area (Å²) in [5.74, 6) is 0.161. The Labute approximate surface area is 101 Å². The molecule has 1 aliphatic rings. The summed E-state index contributed by atoms with van der Waals surface area (Å²) in [5.41, 5.74) is 5.58. The molecule has 1 aromatic rings. The molecule has 3 N–H and O–H groups in total. The van der Waals surface area contributed by atoms with Crippen molar-refractivity contribution in [1.82, 2.24) is 20.1 Å². The van der Waals surface area contributed by atoms with Gasteiger partial charge in [0, 0.05) is 6.04 Å². The van der Waals surface area contributed by atoms with E-state index in [9.17, 15) is 4.79 Å². The largest absolute Gasteiger partial charge is 0.367 e. The molecule has 6 nitrogen and oxygen atoms in total. The Morgan fingerprint density at radius 1 is 1.71 bits per heavy atom. The Morgan fingerprint density at radius 2 is 2.47 bits per heavy atom. The summed E-state index contributed by atoms with van der Waals surface area (Å²) < 4.78 is 1.45. The van der Waals surface area contributed by atoms with Crippen LogP contribution in [0, 0.1) is 5.41 Å². The Hall–Kier alpha value is -1.59. The number of nitrogens with zero attached hydrogens (tertiary/aromatic N) is 3.